The van der Waals surface area contributed by atoms with Crippen LogP contribution in [0.4, 0.5) is 0 Å². The molecule has 1 N–H and O–H groups in total. The number of nitrogens with one attached hydrogen (secondary N) is 1. The third kappa shape index (κ3) is 4.48. The predicted octanol–water partition coefficient (Wildman–Crippen LogP) is 2.46. The van der Waals surface area contributed by atoms with E-state index in [-0.39, 0.29) is 14.9 Å². The second-order valence-corrected chi connectivity index (χ2v) is 7.68. The maximum atomic E-state index is 12.6. The molecule has 2 aromatic carbocycles. The lowest BCUT2D eigenvalue weighted by atomic mass is 10.0. The minimum Gasteiger partial charge on any atom is -0.550 e. The molecule has 0 aliphatic carbocycles. The first kappa shape index (κ1) is 18.7. The van der Waals surface area contributed by atoms with E-state index in [4.69, 9.17) is 23.2 Å². The van der Waals surface area contributed by atoms with Gasteiger partial charge in [-0.3, -0.25) is 0 Å². The predicted molar refractivity (Wildman–Crippen MR) is 90.3 cm³/mol. The molecule has 5 nitrogen and oxygen atoms in total. The minimum absolute atomic E-state index is 0.0499. The summed E-state index contributed by atoms with van der Waals surface area (Å²) in [5, 5.41) is 10.9. The highest BCUT2D eigenvalue weighted by atomic mass is 35.5. The molecule has 0 spiro atoms. The molecule has 0 saturated heterocycles. The summed E-state index contributed by atoms with van der Waals surface area (Å²) in [4.78, 5) is 10.7. The first-order chi connectivity index (χ1) is 11.2. The highest BCUT2D eigenvalue weighted by Gasteiger charge is 2.26. The molecule has 0 amide bonds. The number of rotatable bonds is 6. The number of carbonyl (C=O) groups is 1. The Kier molecular flexibility index (Phi) is 5.87. The van der Waals surface area contributed by atoms with Crippen molar-refractivity contribution in [1.29, 1.82) is 0 Å². The zero-order chi connectivity index (χ0) is 17.9. The summed E-state index contributed by atoms with van der Waals surface area (Å²) in [5.74, 6) is -1.38. The molecule has 0 radical (unpaired) electrons. The highest BCUT2D eigenvalue weighted by molar-refractivity contribution is 7.89. The number of carbonyl (C=O) groups excluding carboxylic acids is 1. The van der Waals surface area contributed by atoms with E-state index in [1.165, 1.54) is 18.2 Å². The van der Waals surface area contributed by atoms with Gasteiger partial charge in [0.1, 0.15) is 4.90 Å². The highest BCUT2D eigenvalue weighted by Crippen LogP contribution is 2.30. The summed E-state index contributed by atoms with van der Waals surface area (Å²) in [5.41, 5.74) is 1.46. The molecule has 0 fully saturated rings. The van der Waals surface area contributed by atoms with E-state index in [0.717, 1.165) is 5.56 Å². The second-order valence-electron chi connectivity index (χ2n) is 5.21. The summed E-state index contributed by atoms with van der Waals surface area (Å²) in [6.07, 6.45) is -0.523. The van der Waals surface area contributed by atoms with Crippen LogP contribution in [0.25, 0.3) is 0 Å². The average molecular weight is 387 g/mol. The summed E-state index contributed by atoms with van der Waals surface area (Å²) >= 11 is 11.9. The number of benzene rings is 2. The lowest BCUT2D eigenvalue weighted by Crippen LogP contribution is -2.34. The normalized spacial score (nSPS) is 12.8. The molecular formula is C16H14Cl2NO4S-. The first-order valence-electron chi connectivity index (χ1n) is 6.93. The van der Waals surface area contributed by atoms with Gasteiger partial charge in [0, 0.05) is 12.4 Å². The lowest BCUT2D eigenvalue weighted by molar-refractivity contribution is -0.306. The van der Waals surface area contributed by atoms with Gasteiger partial charge >= 0.3 is 0 Å². The second kappa shape index (κ2) is 7.53. The van der Waals surface area contributed by atoms with Gasteiger partial charge in [-0.05, 0) is 24.6 Å². The minimum atomic E-state index is -4.13. The fraction of sp³-hybridized carbons (Fsp3) is 0.188. The van der Waals surface area contributed by atoms with Crippen LogP contribution >= 0.6 is 23.2 Å². The Morgan fingerprint density at radius 1 is 1.12 bits per heavy atom. The molecule has 0 saturated carbocycles. The van der Waals surface area contributed by atoms with E-state index < -0.39 is 28.5 Å². The molecule has 24 heavy (non-hydrogen) atoms. The van der Waals surface area contributed by atoms with Gasteiger partial charge in [-0.25, -0.2) is 13.1 Å². The first-order valence-corrected chi connectivity index (χ1v) is 9.17. The molecule has 1 atom stereocenters. The molecule has 8 heteroatoms. The van der Waals surface area contributed by atoms with Crippen LogP contribution in [0.3, 0.4) is 0 Å². The molecule has 0 aliphatic heterocycles. The molecular weight excluding hydrogens is 373 g/mol. The molecule has 0 unspecified atom stereocenters. The zero-order valence-corrected chi connectivity index (χ0v) is 15.0. The van der Waals surface area contributed by atoms with Gasteiger partial charge in [-0.2, -0.15) is 0 Å². The Balaban J connectivity index is 2.41. The van der Waals surface area contributed by atoms with Crippen LogP contribution in [-0.4, -0.2) is 14.4 Å². The molecule has 0 heterocycles. The van der Waals surface area contributed by atoms with E-state index in [0.29, 0.717) is 5.56 Å². The Bertz CT molecular complexity index is 831. The van der Waals surface area contributed by atoms with Crippen molar-refractivity contribution in [3.05, 3.63) is 63.6 Å². The number of hydrogen-bond acceptors (Lipinski definition) is 4. The van der Waals surface area contributed by atoms with Gasteiger partial charge < -0.3 is 9.90 Å². The summed E-state index contributed by atoms with van der Waals surface area (Å²) in [7, 11) is -4.13. The van der Waals surface area contributed by atoms with Gasteiger partial charge in [-0.1, -0.05) is 59.1 Å². The van der Waals surface area contributed by atoms with Gasteiger partial charge in [0.15, 0.2) is 0 Å². The number of aliphatic carboxylic acids is 1. The van der Waals surface area contributed by atoms with Gasteiger partial charge in [-0.15, -0.1) is 0 Å². The van der Waals surface area contributed by atoms with Crippen molar-refractivity contribution in [2.45, 2.75) is 24.3 Å². The van der Waals surface area contributed by atoms with Crippen LogP contribution in [-0.2, 0) is 14.8 Å². The molecule has 0 bridgehead atoms. The SMILES string of the molecule is Cc1ccc([C@@H](CC(=O)[O-])NS(=O)(=O)c2c(Cl)cccc2Cl)cc1. The van der Waals surface area contributed by atoms with Crippen molar-refractivity contribution in [3.8, 4) is 0 Å². The van der Waals surface area contributed by atoms with Crippen LogP contribution in [0.2, 0.25) is 10.0 Å². The van der Waals surface area contributed by atoms with E-state index >= 15 is 0 Å². The van der Waals surface area contributed by atoms with Gasteiger partial charge in [0.05, 0.1) is 16.1 Å². The number of carboxylic acid groups (broad SMARTS) is 1. The van der Waals surface area contributed by atoms with Crippen molar-refractivity contribution in [1.82, 2.24) is 4.72 Å². The Hall–Kier alpha value is -1.60. The molecule has 2 aromatic rings. The standard InChI is InChI=1S/C16H15Cl2NO4S/c1-10-5-7-11(8-6-10)14(9-15(20)21)19-24(22,23)16-12(17)3-2-4-13(16)18/h2-8,14,19H,9H2,1H3,(H,20,21)/p-1/t14-/m1/s1. The lowest BCUT2D eigenvalue weighted by Gasteiger charge is -2.20. The Morgan fingerprint density at radius 2 is 1.67 bits per heavy atom. The number of sulfonamides is 1. The van der Waals surface area contributed by atoms with E-state index in [9.17, 15) is 18.3 Å². The largest absolute Gasteiger partial charge is 0.550 e. The Labute approximate surface area is 150 Å². The van der Waals surface area contributed by atoms with Crippen molar-refractivity contribution in [3.63, 3.8) is 0 Å². The van der Waals surface area contributed by atoms with Crippen molar-refractivity contribution >= 4 is 39.2 Å². The van der Waals surface area contributed by atoms with Crippen LogP contribution in [0.15, 0.2) is 47.4 Å². The van der Waals surface area contributed by atoms with Crippen LogP contribution in [0.1, 0.15) is 23.6 Å². The number of carboxylic acids is 1. The van der Waals surface area contributed by atoms with Gasteiger partial charge in [0.2, 0.25) is 10.0 Å². The summed E-state index contributed by atoms with van der Waals surface area (Å²) in [6.45, 7) is 1.87. The molecule has 0 aromatic heterocycles. The van der Waals surface area contributed by atoms with Gasteiger partial charge in [0.25, 0.3) is 0 Å². The van der Waals surface area contributed by atoms with E-state index in [1.807, 2.05) is 6.92 Å². The third-order valence-corrected chi connectivity index (χ3v) is 5.76. The monoisotopic (exact) mass is 386 g/mol. The maximum Gasteiger partial charge on any atom is 0.244 e. The summed E-state index contributed by atoms with van der Waals surface area (Å²) < 4.78 is 27.6. The maximum absolute atomic E-state index is 12.6. The average Bonchev–Trinajstić information content (AvgIpc) is 2.46. The quantitative estimate of drug-likeness (QED) is 0.825. The van der Waals surface area contributed by atoms with E-state index in [1.54, 1.807) is 24.3 Å². The molecule has 2 rings (SSSR count). The number of hydrogen-bond donors (Lipinski definition) is 1. The molecule has 0 aliphatic rings. The topological polar surface area (TPSA) is 86.3 Å². The van der Waals surface area contributed by atoms with Crippen molar-refractivity contribution in [2.75, 3.05) is 0 Å². The smallest absolute Gasteiger partial charge is 0.244 e. The van der Waals surface area contributed by atoms with Crippen molar-refractivity contribution in [2.24, 2.45) is 0 Å². The third-order valence-electron chi connectivity index (χ3n) is 3.34. The van der Waals surface area contributed by atoms with Crippen LogP contribution in [0.5, 0.6) is 0 Å². The zero-order valence-electron chi connectivity index (χ0n) is 12.6. The van der Waals surface area contributed by atoms with Crippen LogP contribution < -0.4 is 9.83 Å². The van der Waals surface area contributed by atoms with Crippen LogP contribution in [0, 0.1) is 6.92 Å². The van der Waals surface area contributed by atoms with Crippen molar-refractivity contribution < 1.29 is 18.3 Å². The van der Waals surface area contributed by atoms with E-state index in [2.05, 4.69) is 4.72 Å². The number of halogens is 2. The fourth-order valence-electron chi connectivity index (χ4n) is 2.18. The summed E-state index contributed by atoms with van der Waals surface area (Å²) in [6, 6.07) is 10.1. The Morgan fingerprint density at radius 3 is 2.17 bits per heavy atom. The number of aryl methyl sites for hydroxylation is 1. The molecule has 128 valence electrons. The fourth-order valence-corrected chi connectivity index (χ4v) is 4.55.